The van der Waals surface area contributed by atoms with Gasteiger partial charge >= 0.3 is 0 Å². The molecule has 74 valence electrons. The fourth-order valence-electron chi connectivity index (χ4n) is 1.63. The number of hydrogen-bond donors (Lipinski definition) is 1. The summed E-state index contributed by atoms with van der Waals surface area (Å²) < 4.78 is 0. The third-order valence-corrected chi connectivity index (χ3v) is 3.00. The summed E-state index contributed by atoms with van der Waals surface area (Å²) in [5.74, 6) is 6.18. The van der Waals surface area contributed by atoms with Crippen molar-refractivity contribution in [3.8, 4) is 11.8 Å². The lowest BCUT2D eigenvalue weighted by molar-refractivity contribution is 0.362. The molecular weight excluding hydrogens is 158 g/mol. The van der Waals surface area contributed by atoms with Gasteiger partial charge in [-0.05, 0) is 38.1 Å². The van der Waals surface area contributed by atoms with E-state index in [-0.39, 0.29) is 0 Å². The maximum absolute atomic E-state index is 3.60. The van der Waals surface area contributed by atoms with Crippen LogP contribution in [0.3, 0.4) is 0 Å². The number of nitrogens with one attached hydrogen (secondary N) is 1. The van der Waals surface area contributed by atoms with E-state index in [1.807, 2.05) is 6.92 Å². The van der Waals surface area contributed by atoms with Gasteiger partial charge in [0.25, 0.3) is 0 Å². The zero-order valence-electron chi connectivity index (χ0n) is 9.11. The SMILES string of the molecule is CC#CCC(NCCC)C1(C)CC1. The molecule has 0 spiro atoms. The Hall–Kier alpha value is -0.480. The predicted octanol–water partition coefficient (Wildman–Crippen LogP) is 2.57. The van der Waals surface area contributed by atoms with Gasteiger partial charge in [-0.2, -0.15) is 0 Å². The van der Waals surface area contributed by atoms with Gasteiger partial charge < -0.3 is 5.32 Å². The van der Waals surface area contributed by atoms with Gasteiger partial charge in [0, 0.05) is 12.5 Å². The second kappa shape index (κ2) is 4.67. The van der Waals surface area contributed by atoms with Crippen molar-refractivity contribution >= 4 is 0 Å². The van der Waals surface area contributed by atoms with E-state index in [1.54, 1.807) is 0 Å². The monoisotopic (exact) mass is 179 g/mol. The van der Waals surface area contributed by atoms with Crippen LogP contribution in [-0.2, 0) is 0 Å². The molecule has 1 fully saturated rings. The summed E-state index contributed by atoms with van der Waals surface area (Å²) in [7, 11) is 0. The molecule has 1 aliphatic rings. The van der Waals surface area contributed by atoms with Crippen LogP contribution in [0.2, 0.25) is 0 Å². The van der Waals surface area contributed by atoms with Gasteiger partial charge in [-0.1, -0.05) is 13.8 Å². The quantitative estimate of drug-likeness (QED) is 0.640. The molecule has 1 rings (SSSR count). The molecule has 0 saturated heterocycles. The van der Waals surface area contributed by atoms with Crippen molar-refractivity contribution in [1.29, 1.82) is 0 Å². The van der Waals surface area contributed by atoms with Gasteiger partial charge in [0.05, 0.1) is 0 Å². The van der Waals surface area contributed by atoms with E-state index in [1.165, 1.54) is 19.3 Å². The molecule has 0 aromatic rings. The van der Waals surface area contributed by atoms with E-state index in [9.17, 15) is 0 Å². The first-order chi connectivity index (χ1) is 6.23. The van der Waals surface area contributed by atoms with E-state index in [0.717, 1.165) is 13.0 Å². The molecule has 0 radical (unpaired) electrons. The van der Waals surface area contributed by atoms with E-state index >= 15 is 0 Å². The van der Waals surface area contributed by atoms with Crippen molar-refractivity contribution in [2.45, 2.75) is 52.5 Å². The van der Waals surface area contributed by atoms with Crippen LogP contribution < -0.4 is 5.32 Å². The van der Waals surface area contributed by atoms with Crippen LogP contribution in [0.1, 0.15) is 46.5 Å². The van der Waals surface area contributed by atoms with Crippen molar-refractivity contribution < 1.29 is 0 Å². The van der Waals surface area contributed by atoms with Gasteiger partial charge in [0.15, 0.2) is 0 Å². The molecule has 0 aliphatic heterocycles. The van der Waals surface area contributed by atoms with Gasteiger partial charge in [-0.3, -0.25) is 0 Å². The van der Waals surface area contributed by atoms with Crippen molar-refractivity contribution in [3.63, 3.8) is 0 Å². The van der Waals surface area contributed by atoms with Crippen LogP contribution in [0.4, 0.5) is 0 Å². The highest BCUT2D eigenvalue weighted by molar-refractivity contribution is 5.06. The Morgan fingerprint density at radius 1 is 1.46 bits per heavy atom. The average Bonchev–Trinajstić information content (AvgIpc) is 2.85. The Morgan fingerprint density at radius 3 is 2.62 bits per heavy atom. The van der Waals surface area contributed by atoms with E-state index in [0.29, 0.717) is 11.5 Å². The second-order valence-corrected chi connectivity index (χ2v) is 4.29. The van der Waals surface area contributed by atoms with Gasteiger partial charge in [-0.15, -0.1) is 11.8 Å². The molecule has 1 atom stereocenters. The molecule has 1 saturated carbocycles. The normalized spacial score (nSPS) is 20.2. The fraction of sp³-hybridized carbons (Fsp3) is 0.833. The van der Waals surface area contributed by atoms with Crippen LogP contribution in [0.25, 0.3) is 0 Å². The van der Waals surface area contributed by atoms with E-state index in [2.05, 4.69) is 31.0 Å². The molecule has 0 aromatic heterocycles. The molecule has 0 amide bonds. The summed E-state index contributed by atoms with van der Waals surface area (Å²) in [5, 5.41) is 3.60. The highest BCUT2D eigenvalue weighted by Gasteiger charge is 2.43. The highest BCUT2D eigenvalue weighted by Crippen LogP contribution is 2.48. The predicted molar refractivity (Wildman–Crippen MR) is 57.5 cm³/mol. The third kappa shape index (κ3) is 3.04. The minimum absolute atomic E-state index is 0.555. The van der Waals surface area contributed by atoms with E-state index < -0.39 is 0 Å². The molecule has 1 N–H and O–H groups in total. The highest BCUT2D eigenvalue weighted by atomic mass is 14.9. The van der Waals surface area contributed by atoms with Gasteiger partial charge in [-0.25, -0.2) is 0 Å². The largest absolute Gasteiger partial charge is 0.312 e. The molecule has 1 nitrogen and oxygen atoms in total. The first kappa shape index (κ1) is 10.6. The Bertz CT molecular complexity index is 205. The van der Waals surface area contributed by atoms with Crippen LogP contribution in [0, 0.1) is 17.3 Å². The zero-order valence-corrected chi connectivity index (χ0v) is 9.11. The Kier molecular flexibility index (Phi) is 3.81. The van der Waals surface area contributed by atoms with Crippen molar-refractivity contribution in [3.05, 3.63) is 0 Å². The first-order valence-electron chi connectivity index (χ1n) is 5.36. The van der Waals surface area contributed by atoms with Gasteiger partial charge in [0.1, 0.15) is 0 Å². The number of hydrogen-bond acceptors (Lipinski definition) is 1. The third-order valence-electron chi connectivity index (χ3n) is 3.00. The van der Waals surface area contributed by atoms with Gasteiger partial charge in [0.2, 0.25) is 0 Å². The summed E-state index contributed by atoms with van der Waals surface area (Å²) in [6, 6.07) is 0.625. The summed E-state index contributed by atoms with van der Waals surface area (Å²) >= 11 is 0. The summed E-state index contributed by atoms with van der Waals surface area (Å²) in [4.78, 5) is 0. The maximum atomic E-state index is 3.60. The average molecular weight is 179 g/mol. The smallest absolute Gasteiger partial charge is 0.0248 e. The number of rotatable bonds is 5. The molecule has 1 unspecified atom stereocenters. The Labute approximate surface area is 82.3 Å². The van der Waals surface area contributed by atoms with Crippen molar-refractivity contribution in [2.75, 3.05) is 6.54 Å². The lowest BCUT2D eigenvalue weighted by Crippen LogP contribution is -2.36. The fourth-order valence-corrected chi connectivity index (χ4v) is 1.63. The van der Waals surface area contributed by atoms with Crippen LogP contribution in [0.5, 0.6) is 0 Å². The summed E-state index contributed by atoms with van der Waals surface area (Å²) in [6.07, 6.45) is 4.98. The molecule has 0 bridgehead atoms. The standard InChI is InChI=1S/C12H21N/c1-4-6-7-11(13-10-5-2)12(3)8-9-12/h11,13H,5,7-10H2,1-3H3. The summed E-state index contributed by atoms with van der Waals surface area (Å²) in [6.45, 7) is 7.64. The molecule has 0 aromatic carbocycles. The zero-order chi connectivity index (χ0) is 9.73. The summed E-state index contributed by atoms with van der Waals surface area (Å²) in [5.41, 5.74) is 0.555. The van der Waals surface area contributed by atoms with Crippen molar-refractivity contribution in [2.24, 2.45) is 5.41 Å². The van der Waals surface area contributed by atoms with E-state index in [4.69, 9.17) is 0 Å². The second-order valence-electron chi connectivity index (χ2n) is 4.29. The van der Waals surface area contributed by atoms with Crippen LogP contribution in [0.15, 0.2) is 0 Å². The van der Waals surface area contributed by atoms with Crippen molar-refractivity contribution in [1.82, 2.24) is 5.32 Å². The topological polar surface area (TPSA) is 12.0 Å². The van der Waals surface area contributed by atoms with Crippen LogP contribution in [-0.4, -0.2) is 12.6 Å². The minimum Gasteiger partial charge on any atom is -0.312 e. The Morgan fingerprint density at radius 2 is 2.15 bits per heavy atom. The lowest BCUT2D eigenvalue weighted by Gasteiger charge is -2.22. The minimum atomic E-state index is 0.555. The molecular formula is C12H21N. The van der Waals surface area contributed by atoms with Crippen LogP contribution >= 0.6 is 0 Å². The first-order valence-corrected chi connectivity index (χ1v) is 5.36. The molecule has 1 aliphatic carbocycles. The molecule has 1 heteroatoms. The lowest BCUT2D eigenvalue weighted by atomic mass is 9.96. The Balaban J connectivity index is 2.38. The molecule has 0 heterocycles. The molecule has 13 heavy (non-hydrogen) atoms. The maximum Gasteiger partial charge on any atom is 0.0248 e.